The van der Waals surface area contributed by atoms with E-state index >= 15 is 0 Å². The first-order chi connectivity index (χ1) is 17.0. The maximum atomic E-state index is 12.9. The largest absolute Gasteiger partial charge is 0.439 e. The van der Waals surface area contributed by atoms with E-state index in [2.05, 4.69) is 5.10 Å². The highest BCUT2D eigenvalue weighted by molar-refractivity contribution is 7.86. The van der Waals surface area contributed by atoms with E-state index in [4.69, 9.17) is 14.6 Å². The predicted octanol–water partition coefficient (Wildman–Crippen LogP) is 4.27. The average molecular weight is 523 g/mol. The van der Waals surface area contributed by atoms with E-state index in [9.17, 15) is 21.6 Å². The van der Waals surface area contributed by atoms with E-state index in [1.54, 1.807) is 10.7 Å². The number of alkyl halides is 3. The summed E-state index contributed by atoms with van der Waals surface area (Å²) in [6.07, 6.45) is -2.92. The first-order valence-electron chi connectivity index (χ1n) is 11.5. The van der Waals surface area contributed by atoms with Crippen molar-refractivity contribution in [2.24, 2.45) is 5.14 Å². The third-order valence-electron chi connectivity index (χ3n) is 6.40. The molecule has 12 heteroatoms. The van der Waals surface area contributed by atoms with Crippen LogP contribution >= 0.6 is 0 Å². The number of aromatic nitrogens is 2. The van der Waals surface area contributed by atoms with Crippen molar-refractivity contribution in [2.45, 2.75) is 44.1 Å². The van der Waals surface area contributed by atoms with Gasteiger partial charge in [0.05, 0.1) is 24.5 Å². The Morgan fingerprint density at radius 3 is 2.39 bits per heavy atom. The number of nitrogens with two attached hydrogens (primary N) is 1. The Hall–Kier alpha value is -2.93. The lowest BCUT2D eigenvalue weighted by molar-refractivity contribution is -0.137. The molecule has 36 heavy (non-hydrogen) atoms. The summed E-state index contributed by atoms with van der Waals surface area (Å²) in [6.45, 7) is 2.74. The number of ether oxygens (including phenoxy) is 2. The molecular formula is C24H25F3N4O4S. The van der Waals surface area contributed by atoms with Gasteiger partial charge in [-0.05, 0) is 55.7 Å². The van der Waals surface area contributed by atoms with Gasteiger partial charge in [0.1, 0.15) is 11.3 Å². The zero-order chi connectivity index (χ0) is 25.7. The molecule has 1 aliphatic carbocycles. The van der Waals surface area contributed by atoms with Crippen LogP contribution in [0.4, 0.5) is 13.2 Å². The minimum atomic E-state index is -4.43. The number of rotatable bonds is 8. The Morgan fingerprint density at radius 2 is 1.86 bits per heavy atom. The van der Waals surface area contributed by atoms with E-state index in [1.165, 1.54) is 16.4 Å². The smallest absolute Gasteiger partial charge is 0.416 e. The Balaban J connectivity index is 1.45. The topological polar surface area (TPSA) is 99.7 Å². The summed E-state index contributed by atoms with van der Waals surface area (Å²) in [4.78, 5) is 0. The molecule has 0 atom stereocenters. The van der Waals surface area contributed by atoms with Crippen LogP contribution in [0.15, 0.2) is 54.6 Å². The third-order valence-corrected chi connectivity index (χ3v) is 7.59. The quantitative estimate of drug-likeness (QED) is 0.476. The van der Waals surface area contributed by atoms with Crippen LogP contribution < -0.4 is 9.88 Å². The normalized spacial score (nSPS) is 17.7. The van der Waals surface area contributed by atoms with Gasteiger partial charge in [-0.15, -0.1) is 0 Å². The van der Waals surface area contributed by atoms with Crippen molar-refractivity contribution in [2.75, 3.05) is 13.2 Å². The van der Waals surface area contributed by atoms with Gasteiger partial charge in [0.25, 0.3) is 10.2 Å². The highest BCUT2D eigenvalue weighted by atomic mass is 32.2. The molecule has 3 aromatic rings. The van der Waals surface area contributed by atoms with Crippen LogP contribution in [-0.4, -0.2) is 41.8 Å². The fourth-order valence-electron chi connectivity index (χ4n) is 4.48. The molecule has 2 aliphatic rings. The highest BCUT2D eigenvalue weighted by Crippen LogP contribution is 2.45. The number of halogens is 3. The van der Waals surface area contributed by atoms with Gasteiger partial charge in [0.2, 0.25) is 5.88 Å². The average Bonchev–Trinajstić information content (AvgIpc) is 3.53. The Labute approximate surface area is 206 Å². The highest BCUT2D eigenvalue weighted by Gasteiger charge is 2.55. The van der Waals surface area contributed by atoms with E-state index in [0.29, 0.717) is 18.1 Å². The summed E-state index contributed by atoms with van der Waals surface area (Å²) in [5.41, 5.74) is 0.420. The van der Waals surface area contributed by atoms with Crippen molar-refractivity contribution in [1.29, 1.82) is 0 Å². The zero-order valence-electron chi connectivity index (χ0n) is 19.4. The van der Waals surface area contributed by atoms with Crippen molar-refractivity contribution >= 4 is 10.2 Å². The molecule has 2 heterocycles. The van der Waals surface area contributed by atoms with Crippen LogP contribution in [-0.2, 0) is 33.2 Å². The summed E-state index contributed by atoms with van der Waals surface area (Å²) in [6, 6.07) is 13.4. The molecular weight excluding hydrogens is 497 g/mol. The zero-order valence-corrected chi connectivity index (χ0v) is 20.2. The summed E-state index contributed by atoms with van der Waals surface area (Å²) in [7, 11) is -3.96. The van der Waals surface area contributed by atoms with Gasteiger partial charge in [0.15, 0.2) is 0 Å². The fourth-order valence-corrected chi connectivity index (χ4v) is 5.80. The maximum absolute atomic E-state index is 12.9. The molecule has 0 spiro atoms. The minimum absolute atomic E-state index is 0.143. The molecule has 0 radical (unpaired) electrons. The second kappa shape index (κ2) is 8.87. The lowest BCUT2D eigenvalue weighted by Crippen LogP contribution is -2.63. The second-order valence-corrected chi connectivity index (χ2v) is 10.4. The van der Waals surface area contributed by atoms with Gasteiger partial charge in [-0.2, -0.15) is 31.0 Å². The van der Waals surface area contributed by atoms with Crippen molar-refractivity contribution < 1.29 is 31.1 Å². The molecule has 1 saturated heterocycles. The van der Waals surface area contributed by atoms with Gasteiger partial charge in [-0.3, -0.25) is 0 Å². The van der Waals surface area contributed by atoms with E-state index < -0.39 is 27.5 Å². The number of aryl methyl sites for hydroxylation is 1. The first-order valence-corrected chi connectivity index (χ1v) is 13.0. The number of nitrogens with zero attached hydrogens (tertiary/aromatic N) is 3. The van der Waals surface area contributed by atoms with Gasteiger partial charge in [-0.25, -0.2) is 9.82 Å². The van der Waals surface area contributed by atoms with Crippen LogP contribution in [0.5, 0.6) is 11.6 Å². The van der Waals surface area contributed by atoms with Crippen LogP contribution in [0.2, 0.25) is 0 Å². The Morgan fingerprint density at radius 1 is 1.17 bits per heavy atom. The van der Waals surface area contributed by atoms with Crippen LogP contribution in [0.25, 0.3) is 11.3 Å². The summed E-state index contributed by atoms with van der Waals surface area (Å²) in [5, 5.41) is 10.2. The van der Waals surface area contributed by atoms with Gasteiger partial charge >= 0.3 is 6.18 Å². The van der Waals surface area contributed by atoms with Gasteiger partial charge in [-0.1, -0.05) is 18.2 Å². The van der Waals surface area contributed by atoms with Gasteiger partial charge in [0, 0.05) is 24.2 Å². The van der Waals surface area contributed by atoms with Crippen molar-refractivity contribution in [3.8, 4) is 22.9 Å². The summed E-state index contributed by atoms with van der Waals surface area (Å²) in [5.74, 6) is 0.611. The van der Waals surface area contributed by atoms with E-state index in [-0.39, 0.29) is 25.0 Å². The Bertz CT molecular complexity index is 1360. The SMILES string of the molecule is CCn1nc(-c2cccc(C3(N(C4CC4)S(N)(=O)=O)COC3)c2)cc1Oc1ccc(C(F)(F)F)cc1. The number of hydrogen-bond donors (Lipinski definition) is 1. The standard InChI is InChI=1S/C24H25F3N4O4S/c1-2-30-22(35-20-10-6-17(7-11-20)24(25,26)27)13-21(29-30)16-4-3-5-18(12-16)23(14-34-15-23)31(19-8-9-19)36(28,32)33/h3-7,10-13,19H,2,8-9,14-15H2,1H3,(H2,28,32,33). The molecule has 192 valence electrons. The first kappa shape index (κ1) is 24.8. The molecule has 1 aliphatic heterocycles. The van der Waals surface area contributed by atoms with Crippen LogP contribution in [0, 0.1) is 0 Å². The van der Waals surface area contributed by atoms with Crippen molar-refractivity contribution in [3.05, 3.63) is 65.7 Å². The molecule has 0 unspecified atom stereocenters. The molecule has 2 aromatic carbocycles. The summed E-state index contributed by atoms with van der Waals surface area (Å²) >= 11 is 0. The minimum Gasteiger partial charge on any atom is -0.439 e. The molecule has 8 nitrogen and oxygen atoms in total. The molecule has 0 bridgehead atoms. The molecule has 1 saturated carbocycles. The molecule has 2 fully saturated rings. The van der Waals surface area contributed by atoms with Gasteiger partial charge < -0.3 is 9.47 Å². The van der Waals surface area contributed by atoms with Crippen LogP contribution in [0.1, 0.15) is 30.9 Å². The second-order valence-electron chi connectivity index (χ2n) is 8.98. The lowest BCUT2D eigenvalue weighted by Gasteiger charge is -2.48. The lowest BCUT2D eigenvalue weighted by atomic mass is 9.86. The van der Waals surface area contributed by atoms with E-state index in [0.717, 1.165) is 36.1 Å². The maximum Gasteiger partial charge on any atom is 0.416 e. The van der Waals surface area contributed by atoms with E-state index in [1.807, 2.05) is 31.2 Å². The van der Waals surface area contributed by atoms with Crippen LogP contribution in [0.3, 0.4) is 0 Å². The number of hydrogen-bond acceptors (Lipinski definition) is 5. The Kier molecular flexibility index (Phi) is 6.10. The monoisotopic (exact) mass is 522 g/mol. The molecule has 5 rings (SSSR count). The third kappa shape index (κ3) is 4.61. The van der Waals surface area contributed by atoms with Crippen molar-refractivity contribution in [3.63, 3.8) is 0 Å². The predicted molar refractivity (Wildman–Crippen MR) is 125 cm³/mol. The van der Waals surface area contributed by atoms with Crippen molar-refractivity contribution in [1.82, 2.24) is 14.1 Å². The number of benzene rings is 2. The summed E-state index contributed by atoms with van der Waals surface area (Å²) < 4.78 is 77.8. The molecule has 1 aromatic heterocycles. The molecule has 0 amide bonds. The fraction of sp³-hybridized carbons (Fsp3) is 0.375. The molecule has 2 N–H and O–H groups in total.